The van der Waals surface area contributed by atoms with E-state index in [2.05, 4.69) is 10.1 Å². The lowest BCUT2D eigenvalue weighted by Crippen LogP contribution is -2.19. The molecule has 0 amide bonds. The van der Waals surface area contributed by atoms with E-state index in [9.17, 15) is 14.9 Å². The van der Waals surface area contributed by atoms with Gasteiger partial charge in [-0.3, -0.25) is 14.9 Å². The summed E-state index contributed by atoms with van der Waals surface area (Å²) < 4.78 is 1.00. The highest BCUT2D eigenvalue weighted by Crippen LogP contribution is 2.27. The fourth-order valence-corrected chi connectivity index (χ4v) is 4.44. The molecule has 0 spiro atoms. The van der Waals surface area contributed by atoms with E-state index >= 15 is 0 Å². The number of fused-ring (bicyclic) bond motifs is 1. The zero-order valence-corrected chi connectivity index (χ0v) is 14.8. The van der Waals surface area contributed by atoms with Crippen LogP contribution in [0.25, 0.3) is 4.96 Å². The zero-order chi connectivity index (χ0) is 17.1. The first kappa shape index (κ1) is 17.3. The molecule has 2 heterocycles. The van der Waals surface area contributed by atoms with Gasteiger partial charge in [-0.25, -0.2) is 0 Å². The van der Waals surface area contributed by atoms with Crippen molar-refractivity contribution in [1.29, 1.82) is 0 Å². The van der Waals surface area contributed by atoms with Crippen LogP contribution in [0.4, 0.5) is 5.69 Å². The lowest BCUT2D eigenvalue weighted by molar-refractivity contribution is -0.386. The van der Waals surface area contributed by atoms with Crippen LogP contribution in [0.2, 0.25) is 5.15 Å². The zero-order valence-electron chi connectivity index (χ0n) is 13.2. The largest absolute Gasteiger partial charge is 0.372 e. The minimum absolute atomic E-state index is 0.309. The maximum atomic E-state index is 12.1. The lowest BCUT2D eigenvalue weighted by Gasteiger charge is -2.18. The van der Waals surface area contributed by atoms with Gasteiger partial charge in [0.15, 0.2) is 0 Å². The molecule has 9 heteroatoms. The van der Waals surface area contributed by atoms with E-state index in [1.54, 1.807) is 0 Å². The number of aromatic nitrogens is 3. The molecule has 1 saturated carbocycles. The molecule has 3 rings (SSSR count). The summed E-state index contributed by atoms with van der Waals surface area (Å²) >= 11 is 7.04. The van der Waals surface area contributed by atoms with E-state index in [4.69, 9.17) is 11.6 Å². The maximum absolute atomic E-state index is 12.1. The quantitative estimate of drug-likeness (QED) is 0.460. The smallest absolute Gasteiger partial charge is 0.259 e. The fraction of sp³-hybridized carbons (Fsp3) is 0.667. The summed E-state index contributed by atoms with van der Waals surface area (Å²) in [5.74, 6) is 0.694. The van der Waals surface area contributed by atoms with Gasteiger partial charge in [-0.1, -0.05) is 67.9 Å². The Hall–Kier alpha value is -1.54. The molecule has 1 aliphatic carbocycles. The molecule has 130 valence electrons. The summed E-state index contributed by atoms with van der Waals surface area (Å²) in [6, 6.07) is 0. The second-order valence-corrected chi connectivity index (χ2v) is 7.65. The summed E-state index contributed by atoms with van der Waals surface area (Å²) in [4.78, 5) is 26.5. The van der Waals surface area contributed by atoms with Crippen molar-refractivity contribution in [2.24, 2.45) is 5.92 Å². The third kappa shape index (κ3) is 3.75. The normalized spacial score (nSPS) is 16.9. The Kier molecular flexibility index (Phi) is 5.45. The second-order valence-electron chi connectivity index (χ2n) is 6.25. The van der Waals surface area contributed by atoms with Gasteiger partial charge in [-0.15, -0.1) is 0 Å². The van der Waals surface area contributed by atoms with Gasteiger partial charge in [-0.05, 0) is 12.3 Å². The van der Waals surface area contributed by atoms with Crippen molar-refractivity contribution in [3.63, 3.8) is 0 Å². The van der Waals surface area contributed by atoms with Crippen LogP contribution in [-0.2, 0) is 6.42 Å². The molecule has 0 saturated heterocycles. The molecular formula is C15H19ClN4O3S. The van der Waals surface area contributed by atoms with Crippen molar-refractivity contribution in [2.45, 2.75) is 57.8 Å². The Balaban J connectivity index is 1.77. The Morgan fingerprint density at radius 2 is 1.92 bits per heavy atom. The van der Waals surface area contributed by atoms with Gasteiger partial charge in [0, 0.05) is 6.42 Å². The molecular weight excluding hydrogens is 352 g/mol. The summed E-state index contributed by atoms with van der Waals surface area (Å²) in [6.45, 7) is 0. The molecule has 0 radical (unpaired) electrons. The predicted octanol–water partition coefficient (Wildman–Crippen LogP) is 4.01. The molecule has 0 bridgehead atoms. The third-order valence-corrected chi connectivity index (χ3v) is 5.79. The third-order valence-electron chi connectivity index (χ3n) is 4.56. The SMILES string of the molecule is O=c1c([N+](=O)[O-])c(Cl)nc2sc(CCC3CCCCCCC3)nn12. The standard InChI is InChI=1S/C15H19ClN4O3S/c16-13-12(20(22)23)14(21)19-15(17-13)24-11(18-19)9-8-10-6-4-2-1-3-5-7-10/h10H,1-9H2. The Morgan fingerprint density at radius 3 is 2.58 bits per heavy atom. The average Bonchev–Trinajstić information content (AvgIpc) is 2.89. The highest BCUT2D eigenvalue weighted by molar-refractivity contribution is 7.16. The van der Waals surface area contributed by atoms with Crippen LogP contribution >= 0.6 is 22.9 Å². The minimum atomic E-state index is -0.816. The van der Waals surface area contributed by atoms with Gasteiger partial charge in [0.05, 0.1) is 4.92 Å². The monoisotopic (exact) mass is 370 g/mol. The van der Waals surface area contributed by atoms with Gasteiger partial charge in [0.2, 0.25) is 10.1 Å². The molecule has 0 atom stereocenters. The average molecular weight is 371 g/mol. The first-order chi connectivity index (χ1) is 11.6. The summed E-state index contributed by atoms with van der Waals surface area (Å²) in [5, 5.41) is 15.6. The van der Waals surface area contributed by atoms with Crippen LogP contribution in [-0.4, -0.2) is 19.5 Å². The summed E-state index contributed by atoms with van der Waals surface area (Å²) in [7, 11) is 0. The van der Waals surface area contributed by atoms with Gasteiger partial charge < -0.3 is 0 Å². The van der Waals surface area contributed by atoms with Crippen LogP contribution in [0.5, 0.6) is 0 Å². The van der Waals surface area contributed by atoms with E-state index in [0.717, 1.165) is 22.4 Å². The van der Waals surface area contributed by atoms with Crippen molar-refractivity contribution in [3.8, 4) is 0 Å². The van der Waals surface area contributed by atoms with E-state index in [-0.39, 0.29) is 5.15 Å². The van der Waals surface area contributed by atoms with Crippen molar-refractivity contribution in [3.05, 3.63) is 30.6 Å². The highest BCUT2D eigenvalue weighted by Gasteiger charge is 2.24. The predicted molar refractivity (Wildman–Crippen MR) is 92.9 cm³/mol. The van der Waals surface area contributed by atoms with Gasteiger partial charge in [-0.2, -0.15) is 14.6 Å². The molecule has 0 aliphatic heterocycles. The van der Waals surface area contributed by atoms with Crippen LogP contribution < -0.4 is 5.56 Å². The molecule has 2 aromatic heterocycles. The number of hydrogen-bond donors (Lipinski definition) is 0. The number of hydrogen-bond acceptors (Lipinski definition) is 6. The van der Waals surface area contributed by atoms with Gasteiger partial charge in [0.25, 0.3) is 0 Å². The van der Waals surface area contributed by atoms with Crippen molar-refractivity contribution >= 4 is 33.6 Å². The van der Waals surface area contributed by atoms with E-state index in [1.165, 1.54) is 56.3 Å². The minimum Gasteiger partial charge on any atom is -0.259 e. The first-order valence-electron chi connectivity index (χ1n) is 8.29. The molecule has 24 heavy (non-hydrogen) atoms. The lowest BCUT2D eigenvalue weighted by atomic mass is 9.88. The Labute approximate surface area is 147 Å². The molecule has 7 nitrogen and oxygen atoms in total. The van der Waals surface area contributed by atoms with Gasteiger partial charge >= 0.3 is 11.2 Å². The Bertz CT molecular complexity index is 796. The van der Waals surface area contributed by atoms with Crippen molar-refractivity contribution in [1.82, 2.24) is 14.6 Å². The van der Waals surface area contributed by atoms with E-state index in [1.807, 2.05) is 0 Å². The van der Waals surface area contributed by atoms with Crippen molar-refractivity contribution in [2.75, 3.05) is 0 Å². The number of aryl methyl sites for hydroxylation is 1. The molecule has 2 aromatic rings. The molecule has 1 aliphatic rings. The number of rotatable bonds is 4. The number of nitro groups is 1. The maximum Gasteiger partial charge on any atom is 0.372 e. The second kappa shape index (κ2) is 7.57. The summed E-state index contributed by atoms with van der Waals surface area (Å²) in [5.41, 5.74) is -1.53. The topological polar surface area (TPSA) is 90.4 Å². The summed E-state index contributed by atoms with van der Waals surface area (Å²) in [6.07, 6.45) is 10.9. The molecule has 0 aromatic carbocycles. The van der Waals surface area contributed by atoms with Crippen LogP contribution in [0.3, 0.4) is 0 Å². The van der Waals surface area contributed by atoms with Gasteiger partial charge in [0.1, 0.15) is 5.01 Å². The van der Waals surface area contributed by atoms with Crippen LogP contribution in [0.1, 0.15) is 56.4 Å². The number of nitrogens with zero attached hydrogens (tertiary/aromatic N) is 4. The van der Waals surface area contributed by atoms with Crippen LogP contribution in [0.15, 0.2) is 4.79 Å². The van der Waals surface area contributed by atoms with E-state index in [0.29, 0.717) is 10.9 Å². The first-order valence-corrected chi connectivity index (χ1v) is 9.48. The molecule has 0 unspecified atom stereocenters. The number of halogens is 1. The molecule has 1 fully saturated rings. The Morgan fingerprint density at radius 1 is 1.25 bits per heavy atom. The molecule has 0 N–H and O–H groups in total. The fourth-order valence-electron chi connectivity index (χ4n) is 3.26. The highest BCUT2D eigenvalue weighted by atomic mass is 35.5. The van der Waals surface area contributed by atoms with Crippen molar-refractivity contribution < 1.29 is 4.92 Å². The van der Waals surface area contributed by atoms with E-state index < -0.39 is 16.2 Å². The van der Waals surface area contributed by atoms with Crippen LogP contribution in [0, 0.1) is 16.0 Å².